The summed E-state index contributed by atoms with van der Waals surface area (Å²) in [5.41, 5.74) is 0.130. The maximum atomic E-state index is 12.7. The number of ether oxygens (including phenoxy) is 1. The highest BCUT2D eigenvalue weighted by atomic mass is 35.5. The largest absolute Gasteiger partial charge is 0.435 e. The lowest BCUT2D eigenvalue weighted by molar-refractivity contribution is -0.141. The SMILES string of the molecule is Cc1cc(Oc2cc(C(F)(F)F)nn2C)nc(-c2ccc(Cl)nc2)n1. The van der Waals surface area contributed by atoms with Gasteiger partial charge in [0.2, 0.25) is 11.8 Å². The van der Waals surface area contributed by atoms with Crippen molar-refractivity contribution in [2.75, 3.05) is 0 Å². The van der Waals surface area contributed by atoms with Crippen LogP contribution in [0.5, 0.6) is 11.8 Å². The van der Waals surface area contributed by atoms with E-state index in [9.17, 15) is 13.2 Å². The van der Waals surface area contributed by atoms with Crippen LogP contribution >= 0.6 is 11.6 Å². The van der Waals surface area contributed by atoms with E-state index in [2.05, 4.69) is 20.1 Å². The first-order valence-electron chi connectivity index (χ1n) is 6.99. The van der Waals surface area contributed by atoms with Gasteiger partial charge in [0.05, 0.1) is 0 Å². The van der Waals surface area contributed by atoms with Crippen molar-refractivity contribution in [2.24, 2.45) is 7.05 Å². The lowest BCUT2D eigenvalue weighted by Gasteiger charge is -2.07. The Morgan fingerprint density at radius 1 is 1.16 bits per heavy atom. The topological polar surface area (TPSA) is 65.7 Å². The third kappa shape index (κ3) is 3.87. The Balaban J connectivity index is 1.94. The van der Waals surface area contributed by atoms with Gasteiger partial charge in [-0.2, -0.15) is 23.3 Å². The maximum Gasteiger partial charge on any atom is 0.435 e. The highest BCUT2D eigenvalue weighted by Gasteiger charge is 2.35. The summed E-state index contributed by atoms with van der Waals surface area (Å²) in [5, 5.41) is 3.71. The Hall–Kier alpha value is -2.68. The van der Waals surface area contributed by atoms with Gasteiger partial charge in [0.15, 0.2) is 11.5 Å². The first-order valence-corrected chi connectivity index (χ1v) is 7.37. The summed E-state index contributed by atoms with van der Waals surface area (Å²) < 4.78 is 44.6. The number of rotatable bonds is 3. The van der Waals surface area contributed by atoms with Gasteiger partial charge in [0, 0.05) is 36.6 Å². The minimum absolute atomic E-state index is 0.0918. The fourth-order valence-electron chi connectivity index (χ4n) is 2.02. The quantitative estimate of drug-likeness (QED) is 0.652. The van der Waals surface area contributed by atoms with Gasteiger partial charge in [-0.1, -0.05) is 11.6 Å². The van der Waals surface area contributed by atoms with Crippen LogP contribution in [0.15, 0.2) is 30.5 Å². The second-order valence-corrected chi connectivity index (χ2v) is 5.52. The summed E-state index contributed by atoms with van der Waals surface area (Å²) >= 11 is 5.75. The number of halogens is 4. The summed E-state index contributed by atoms with van der Waals surface area (Å²) in [5.74, 6) is 0.317. The molecule has 0 amide bonds. The molecule has 0 radical (unpaired) electrons. The number of hydrogen-bond donors (Lipinski definition) is 0. The number of nitrogens with zero attached hydrogens (tertiary/aromatic N) is 5. The van der Waals surface area contributed by atoms with Crippen molar-refractivity contribution in [3.63, 3.8) is 0 Å². The Morgan fingerprint density at radius 2 is 1.92 bits per heavy atom. The molecule has 3 aromatic rings. The number of hydrogen-bond acceptors (Lipinski definition) is 5. The van der Waals surface area contributed by atoms with Crippen molar-refractivity contribution in [1.29, 1.82) is 0 Å². The van der Waals surface area contributed by atoms with E-state index in [4.69, 9.17) is 16.3 Å². The van der Waals surface area contributed by atoms with Crippen LogP contribution in [0.4, 0.5) is 13.2 Å². The van der Waals surface area contributed by atoms with Gasteiger partial charge in [-0.05, 0) is 19.1 Å². The van der Waals surface area contributed by atoms with E-state index in [0.29, 0.717) is 22.2 Å². The van der Waals surface area contributed by atoms with Crippen LogP contribution in [-0.2, 0) is 13.2 Å². The summed E-state index contributed by atoms with van der Waals surface area (Å²) in [6.07, 6.45) is -3.06. The Kier molecular flexibility index (Phi) is 4.34. The fourth-order valence-corrected chi connectivity index (χ4v) is 2.13. The summed E-state index contributed by atoms with van der Waals surface area (Å²) in [6, 6.07) is 5.58. The molecule has 0 atom stereocenters. The molecule has 0 bridgehead atoms. The third-order valence-corrected chi connectivity index (χ3v) is 3.38. The van der Waals surface area contributed by atoms with E-state index in [1.807, 2.05) is 0 Å². The molecule has 3 aromatic heterocycles. The molecule has 0 aliphatic carbocycles. The van der Waals surface area contributed by atoms with Crippen LogP contribution in [0.2, 0.25) is 5.15 Å². The predicted molar refractivity (Wildman–Crippen MR) is 83.3 cm³/mol. The Labute approximate surface area is 145 Å². The van der Waals surface area contributed by atoms with Crippen LogP contribution in [0.25, 0.3) is 11.4 Å². The van der Waals surface area contributed by atoms with E-state index in [-0.39, 0.29) is 11.8 Å². The zero-order valence-corrected chi connectivity index (χ0v) is 13.8. The first-order chi connectivity index (χ1) is 11.7. The van der Waals surface area contributed by atoms with E-state index < -0.39 is 11.9 Å². The van der Waals surface area contributed by atoms with Crippen LogP contribution in [0.3, 0.4) is 0 Å². The molecule has 130 valence electrons. The average molecular weight is 370 g/mol. The normalized spacial score (nSPS) is 11.6. The predicted octanol–water partition coefficient (Wildman–Crippen LogP) is 4.05. The van der Waals surface area contributed by atoms with Gasteiger partial charge in [-0.3, -0.25) is 0 Å². The van der Waals surface area contributed by atoms with Crippen molar-refractivity contribution < 1.29 is 17.9 Å². The zero-order chi connectivity index (χ0) is 18.2. The first kappa shape index (κ1) is 17.2. The molecule has 0 aliphatic heterocycles. The Morgan fingerprint density at radius 3 is 2.52 bits per heavy atom. The molecule has 0 unspecified atom stereocenters. The van der Waals surface area contributed by atoms with Gasteiger partial charge in [0.25, 0.3) is 0 Å². The molecule has 0 N–H and O–H groups in total. The van der Waals surface area contributed by atoms with E-state index >= 15 is 0 Å². The number of aromatic nitrogens is 5. The van der Waals surface area contributed by atoms with E-state index in [1.165, 1.54) is 19.3 Å². The van der Waals surface area contributed by atoms with Crippen LogP contribution in [0, 0.1) is 6.92 Å². The van der Waals surface area contributed by atoms with Gasteiger partial charge in [-0.25, -0.2) is 14.6 Å². The van der Waals surface area contributed by atoms with Crippen molar-refractivity contribution in [3.05, 3.63) is 47.0 Å². The molecule has 3 heterocycles. The maximum absolute atomic E-state index is 12.7. The molecule has 0 spiro atoms. The Bertz CT molecular complexity index is 909. The molecule has 10 heteroatoms. The van der Waals surface area contributed by atoms with E-state index in [1.54, 1.807) is 19.1 Å². The highest BCUT2D eigenvalue weighted by Crippen LogP contribution is 2.32. The average Bonchev–Trinajstić information content (AvgIpc) is 2.88. The number of aryl methyl sites for hydroxylation is 2. The fraction of sp³-hybridized carbons (Fsp3) is 0.200. The van der Waals surface area contributed by atoms with Crippen molar-refractivity contribution in [1.82, 2.24) is 24.7 Å². The molecule has 0 saturated carbocycles. The zero-order valence-electron chi connectivity index (χ0n) is 13.0. The summed E-state index contributed by atoms with van der Waals surface area (Å²) in [4.78, 5) is 12.4. The van der Waals surface area contributed by atoms with Gasteiger partial charge in [-0.15, -0.1) is 0 Å². The number of pyridine rings is 1. The molecule has 0 aromatic carbocycles. The van der Waals surface area contributed by atoms with Gasteiger partial charge in [0.1, 0.15) is 5.15 Å². The van der Waals surface area contributed by atoms with Gasteiger partial charge < -0.3 is 4.74 Å². The van der Waals surface area contributed by atoms with Crippen LogP contribution in [0.1, 0.15) is 11.4 Å². The lowest BCUT2D eigenvalue weighted by atomic mass is 10.2. The lowest BCUT2D eigenvalue weighted by Crippen LogP contribution is -2.06. The molecule has 0 saturated heterocycles. The molecular formula is C15H11ClF3N5O. The molecular weight excluding hydrogens is 359 g/mol. The smallest absolute Gasteiger partial charge is 0.421 e. The van der Waals surface area contributed by atoms with Crippen LogP contribution < -0.4 is 4.74 Å². The molecule has 0 fully saturated rings. The van der Waals surface area contributed by atoms with Gasteiger partial charge >= 0.3 is 6.18 Å². The minimum Gasteiger partial charge on any atom is -0.421 e. The second-order valence-electron chi connectivity index (χ2n) is 5.13. The van der Waals surface area contributed by atoms with Crippen molar-refractivity contribution in [2.45, 2.75) is 13.1 Å². The summed E-state index contributed by atoms with van der Waals surface area (Å²) in [7, 11) is 1.35. The molecule has 3 rings (SSSR count). The highest BCUT2D eigenvalue weighted by molar-refractivity contribution is 6.29. The number of alkyl halides is 3. The monoisotopic (exact) mass is 369 g/mol. The van der Waals surface area contributed by atoms with Crippen molar-refractivity contribution >= 4 is 11.6 Å². The molecule has 6 nitrogen and oxygen atoms in total. The standard InChI is InChI=1S/C15H11ClF3N5O/c1-8-5-12(22-14(21-8)9-3-4-11(16)20-7-9)25-13-6-10(15(17,18)19)23-24(13)2/h3-7H,1-2H3. The minimum atomic E-state index is -4.55. The van der Waals surface area contributed by atoms with Crippen molar-refractivity contribution in [3.8, 4) is 23.1 Å². The second kappa shape index (κ2) is 6.32. The molecule has 25 heavy (non-hydrogen) atoms. The van der Waals surface area contributed by atoms with E-state index in [0.717, 1.165) is 10.7 Å². The third-order valence-electron chi connectivity index (χ3n) is 3.15. The molecule has 0 aliphatic rings. The summed E-state index contributed by atoms with van der Waals surface area (Å²) in [6.45, 7) is 1.71. The van der Waals surface area contributed by atoms with Crippen LogP contribution in [-0.4, -0.2) is 24.7 Å².